The van der Waals surface area contributed by atoms with E-state index < -0.39 is 0 Å². The summed E-state index contributed by atoms with van der Waals surface area (Å²) in [6.07, 6.45) is 7.60. The molecule has 1 rings (SSSR count). The predicted molar refractivity (Wildman–Crippen MR) is 55.8 cm³/mol. The molecule has 0 aromatic rings. The Balaban J connectivity index is 2.28. The molecular formula is C11H23NO. The Morgan fingerprint density at radius 2 is 2.00 bits per heavy atom. The Labute approximate surface area is 81.7 Å². The zero-order chi connectivity index (χ0) is 9.73. The molecule has 2 heteroatoms. The summed E-state index contributed by atoms with van der Waals surface area (Å²) < 4.78 is 0. The van der Waals surface area contributed by atoms with Crippen molar-refractivity contribution in [1.29, 1.82) is 0 Å². The molecule has 1 fully saturated rings. The molecule has 0 atom stereocenters. The van der Waals surface area contributed by atoms with Gasteiger partial charge >= 0.3 is 0 Å². The molecule has 1 aliphatic carbocycles. The molecule has 2 nitrogen and oxygen atoms in total. The molecule has 0 aromatic carbocycles. The van der Waals surface area contributed by atoms with Gasteiger partial charge < -0.3 is 10.4 Å². The lowest BCUT2D eigenvalue weighted by Gasteiger charge is -2.36. The van der Waals surface area contributed by atoms with Crippen molar-refractivity contribution in [2.45, 2.75) is 63.5 Å². The van der Waals surface area contributed by atoms with Gasteiger partial charge in [0.25, 0.3) is 0 Å². The second kappa shape index (κ2) is 4.97. The van der Waals surface area contributed by atoms with Crippen molar-refractivity contribution < 1.29 is 5.11 Å². The first-order chi connectivity index (χ1) is 6.20. The van der Waals surface area contributed by atoms with E-state index in [1.165, 1.54) is 12.8 Å². The first kappa shape index (κ1) is 11.0. The van der Waals surface area contributed by atoms with Gasteiger partial charge in [0.15, 0.2) is 0 Å². The Hall–Kier alpha value is -0.0800. The van der Waals surface area contributed by atoms with E-state index in [1.807, 2.05) is 7.05 Å². The summed E-state index contributed by atoms with van der Waals surface area (Å²) in [5.74, 6) is 0. The molecule has 78 valence electrons. The van der Waals surface area contributed by atoms with Crippen molar-refractivity contribution in [3.05, 3.63) is 0 Å². The number of unbranched alkanes of at least 4 members (excludes halogenated alkanes) is 1. The van der Waals surface area contributed by atoms with Crippen LogP contribution in [0, 0.1) is 0 Å². The number of hydrogen-bond donors (Lipinski definition) is 2. The molecule has 0 aromatic heterocycles. The molecular weight excluding hydrogens is 162 g/mol. The molecule has 0 radical (unpaired) electrons. The van der Waals surface area contributed by atoms with Gasteiger partial charge in [-0.3, -0.25) is 0 Å². The fourth-order valence-electron chi connectivity index (χ4n) is 2.20. The van der Waals surface area contributed by atoms with Gasteiger partial charge in [-0.05, 0) is 39.2 Å². The van der Waals surface area contributed by atoms with Crippen LogP contribution < -0.4 is 5.32 Å². The molecule has 0 spiro atoms. The maximum atomic E-state index is 10.2. The summed E-state index contributed by atoms with van der Waals surface area (Å²) in [5.41, 5.74) is -0.330. The van der Waals surface area contributed by atoms with Crippen molar-refractivity contribution in [3.63, 3.8) is 0 Å². The van der Waals surface area contributed by atoms with Crippen LogP contribution in [0.15, 0.2) is 0 Å². The predicted octanol–water partition coefficient (Wildman–Crippen LogP) is 2.07. The van der Waals surface area contributed by atoms with Crippen LogP contribution in [-0.4, -0.2) is 23.8 Å². The summed E-state index contributed by atoms with van der Waals surface area (Å²) in [5, 5.41) is 13.5. The van der Waals surface area contributed by atoms with Crippen molar-refractivity contribution in [2.75, 3.05) is 7.05 Å². The highest BCUT2D eigenvalue weighted by molar-refractivity contribution is 4.87. The van der Waals surface area contributed by atoms with Crippen LogP contribution in [0.3, 0.4) is 0 Å². The molecule has 1 aliphatic rings. The van der Waals surface area contributed by atoms with E-state index in [1.54, 1.807) is 0 Å². The van der Waals surface area contributed by atoms with Crippen molar-refractivity contribution >= 4 is 0 Å². The third kappa shape index (κ3) is 3.28. The smallest absolute Gasteiger partial charge is 0.0649 e. The van der Waals surface area contributed by atoms with Gasteiger partial charge in [0, 0.05) is 6.04 Å². The summed E-state index contributed by atoms with van der Waals surface area (Å²) in [7, 11) is 2.01. The lowest BCUT2D eigenvalue weighted by atomic mass is 9.79. The van der Waals surface area contributed by atoms with Gasteiger partial charge in [-0.1, -0.05) is 19.8 Å². The van der Waals surface area contributed by atoms with Gasteiger partial charge in [-0.15, -0.1) is 0 Å². The minimum Gasteiger partial charge on any atom is -0.390 e. The molecule has 0 bridgehead atoms. The summed E-state index contributed by atoms with van der Waals surface area (Å²) >= 11 is 0. The maximum Gasteiger partial charge on any atom is 0.0649 e. The lowest BCUT2D eigenvalue weighted by molar-refractivity contribution is -0.0120. The second-order valence-electron chi connectivity index (χ2n) is 4.39. The van der Waals surface area contributed by atoms with Crippen molar-refractivity contribution in [1.82, 2.24) is 5.32 Å². The van der Waals surface area contributed by atoms with Gasteiger partial charge in [0.1, 0.15) is 0 Å². The lowest BCUT2D eigenvalue weighted by Crippen LogP contribution is -2.40. The monoisotopic (exact) mass is 185 g/mol. The summed E-state index contributed by atoms with van der Waals surface area (Å²) in [6, 6.07) is 0.641. The molecule has 0 heterocycles. The number of aliphatic hydroxyl groups is 1. The Morgan fingerprint density at radius 3 is 2.46 bits per heavy atom. The normalized spacial score (nSPS) is 34.8. The quantitative estimate of drug-likeness (QED) is 0.702. The van der Waals surface area contributed by atoms with E-state index in [9.17, 15) is 5.11 Å². The van der Waals surface area contributed by atoms with E-state index in [-0.39, 0.29) is 5.60 Å². The van der Waals surface area contributed by atoms with Crippen LogP contribution in [0.1, 0.15) is 51.9 Å². The molecule has 2 N–H and O–H groups in total. The highest BCUT2D eigenvalue weighted by atomic mass is 16.3. The SMILES string of the molecule is CCCCC1(O)CCC(NC)CC1. The van der Waals surface area contributed by atoms with Gasteiger partial charge in [0.2, 0.25) is 0 Å². The fourth-order valence-corrected chi connectivity index (χ4v) is 2.20. The average molecular weight is 185 g/mol. The summed E-state index contributed by atoms with van der Waals surface area (Å²) in [6.45, 7) is 2.18. The Kier molecular flexibility index (Phi) is 4.20. The van der Waals surface area contributed by atoms with Crippen LogP contribution in [0.25, 0.3) is 0 Å². The summed E-state index contributed by atoms with van der Waals surface area (Å²) in [4.78, 5) is 0. The number of nitrogens with one attached hydrogen (secondary N) is 1. The molecule has 0 aliphatic heterocycles. The second-order valence-corrected chi connectivity index (χ2v) is 4.39. The van der Waals surface area contributed by atoms with E-state index >= 15 is 0 Å². The minimum absolute atomic E-state index is 0.330. The molecule has 0 amide bonds. The van der Waals surface area contributed by atoms with Crippen LogP contribution >= 0.6 is 0 Å². The molecule has 0 saturated heterocycles. The fraction of sp³-hybridized carbons (Fsp3) is 1.00. The third-order valence-corrected chi connectivity index (χ3v) is 3.32. The van der Waals surface area contributed by atoms with E-state index in [4.69, 9.17) is 0 Å². The Bertz CT molecular complexity index is 139. The Morgan fingerprint density at radius 1 is 1.38 bits per heavy atom. The van der Waals surface area contributed by atoms with Crippen molar-refractivity contribution in [2.24, 2.45) is 0 Å². The van der Waals surface area contributed by atoms with Gasteiger partial charge in [-0.25, -0.2) is 0 Å². The number of rotatable bonds is 4. The first-order valence-electron chi connectivity index (χ1n) is 5.60. The average Bonchev–Trinajstić information content (AvgIpc) is 2.16. The molecule has 0 unspecified atom stereocenters. The standard InChI is InChI=1S/C11H23NO/c1-3-4-7-11(13)8-5-10(12-2)6-9-11/h10,12-13H,3-9H2,1-2H3. The highest BCUT2D eigenvalue weighted by Gasteiger charge is 2.31. The van der Waals surface area contributed by atoms with Gasteiger partial charge in [-0.2, -0.15) is 0 Å². The van der Waals surface area contributed by atoms with Crippen molar-refractivity contribution in [3.8, 4) is 0 Å². The van der Waals surface area contributed by atoms with Crippen LogP contribution in [0.5, 0.6) is 0 Å². The zero-order valence-electron chi connectivity index (χ0n) is 8.97. The topological polar surface area (TPSA) is 32.3 Å². The van der Waals surface area contributed by atoms with Crippen LogP contribution in [0.2, 0.25) is 0 Å². The third-order valence-electron chi connectivity index (χ3n) is 3.32. The molecule has 1 saturated carbocycles. The maximum absolute atomic E-state index is 10.2. The zero-order valence-corrected chi connectivity index (χ0v) is 8.97. The largest absolute Gasteiger partial charge is 0.390 e. The van der Waals surface area contributed by atoms with E-state index in [0.717, 1.165) is 32.1 Å². The first-order valence-corrected chi connectivity index (χ1v) is 5.60. The number of hydrogen-bond acceptors (Lipinski definition) is 2. The highest BCUT2D eigenvalue weighted by Crippen LogP contribution is 2.32. The van der Waals surface area contributed by atoms with Crippen LogP contribution in [0.4, 0.5) is 0 Å². The van der Waals surface area contributed by atoms with E-state index in [0.29, 0.717) is 6.04 Å². The molecule has 13 heavy (non-hydrogen) atoms. The van der Waals surface area contributed by atoms with Gasteiger partial charge in [0.05, 0.1) is 5.60 Å². The minimum atomic E-state index is -0.330. The van der Waals surface area contributed by atoms with Crippen LogP contribution in [-0.2, 0) is 0 Å². The van der Waals surface area contributed by atoms with E-state index in [2.05, 4.69) is 12.2 Å².